The Morgan fingerprint density at radius 3 is 2.38 bits per heavy atom. The van der Waals surface area contributed by atoms with Crippen molar-refractivity contribution in [3.8, 4) is 0 Å². The molecule has 7 heteroatoms. The number of likely N-dealkylation sites (tertiary alicyclic amines) is 1. The van der Waals surface area contributed by atoms with Gasteiger partial charge in [-0.2, -0.15) is 0 Å². The summed E-state index contributed by atoms with van der Waals surface area (Å²) in [4.78, 5) is 26.0. The second kappa shape index (κ2) is 7.62. The number of piperidine rings is 1. The SMILES string of the molecule is CC(C)(C)OC(=O)N1CCC(C(=O)Nc2ccc(Cl)cc2Cl)CC1. The predicted molar refractivity (Wildman–Crippen MR) is 95.6 cm³/mol. The summed E-state index contributed by atoms with van der Waals surface area (Å²) in [6, 6.07) is 4.94. The number of hydrogen-bond donors (Lipinski definition) is 1. The largest absolute Gasteiger partial charge is 0.444 e. The Balaban J connectivity index is 1.87. The third kappa shape index (κ3) is 5.28. The van der Waals surface area contributed by atoms with Gasteiger partial charge >= 0.3 is 6.09 Å². The lowest BCUT2D eigenvalue weighted by Gasteiger charge is -2.33. The zero-order valence-corrected chi connectivity index (χ0v) is 15.6. The second-order valence-electron chi connectivity index (χ2n) is 6.86. The van der Waals surface area contributed by atoms with Gasteiger partial charge in [0.25, 0.3) is 0 Å². The van der Waals surface area contributed by atoms with Crippen LogP contribution in [0.1, 0.15) is 33.6 Å². The summed E-state index contributed by atoms with van der Waals surface area (Å²) < 4.78 is 5.35. The van der Waals surface area contributed by atoms with Gasteiger partial charge in [-0.15, -0.1) is 0 Å². The van der Waals surface area contributed by atoms with E-state index in [0.717, 1.165) is 0 Å². The van der Waals surface area contributed by atoms with Crippen molar-refractivity contribution < 1.29 is 14.3 Å². The summed E-state index contributed by atoms with van der Waals surface area (Å²) in [5, 5.41) is 3.75. The fourth-order valence-corrected chi connectivity index (χ4v) is 2.93. The summed E-state index contributed by atoms with van der Waals surface area (Å²) in [6.07, 6.45) is 0.856. The lowest BCUT2D eigenvalue weighted by atomic mass is 9.96. The van der Waals surface area contributed by atoms with E-state index in [0.29, 0.717) is 41.7 Å². The summed E-state index contributed by atoms with van der Waals surface area (Å²) in [5.41, 5.74) is 0.0250. The van der Waals surface area contributed by atoms with Gasteiger partial charge in [0, 0.05) is 24.0 Å². The van der Waals surface area contributed by atoms with E-state index >= 15 is 0 Å². The number of carbonyl (C=O) groups is 2. The lowest BCUT2D eigenvalue weighted by Crippen LogP contribution is -2.43. The average molecular weight is 373 g/mol. The van der Waals surface area contributed by atoms with Crippen LogP contribution in [0, 0.1) is 5.92 Å². The van der Waals surface area contributed by atoms with Gasteiger partial charge in [-0.3, -0.25) is 4.79 Å². The molecular formula is C17H22Cl2N2O3. The molecule has 0 bridgehead atoms. The van der Waals surface area contributed by atoms with E-state index in [1.807, 2.05) is 20.8 Å². The van der Waals surface area contributed by atoms with Crippen molar-refractivity contribution >= 4 is 40.9 Å². The van der Waals surface area contributed by atoms with Gasteiger partial charge in [0.05, 0.1) is 10.7 Å². The number of rotatable bonds is 2. The van der Waals surface area contributed by atoms with Gasteiger partial charge in [0.15, 0.2) is 0 Å². The number of halogens is 2. The van der Waals surface area contributed by atoms with Crippen LogP contribution in [0.15, 0.2) is 18.2 Å². The first kappa shape index (κ1) is 18.9. The topological polar surface area (TPSA) is 58.6 Å². The Morgan fingerprint density at radius 1 is 1.21 bits per heavy atom. The zero-order chi connectivity index (χ0) is 17.9. The molecule has 1 heterocycles. The molecule has 0 radical (unpaired) electrons. The minimum atomic E-state index is -0.517. The molecule has 5 nitrogen and oxygen atoms in total. The Bertz CT molecular complexity index is 621. The van der Waals surface area contributed by atoms with Crippen molar-refractivity contribution in [2.24, 2.45) is 5.92 Å². The van der Waals surface area contributed by atoms with Crippen molar-refractivity contribution in [2.45, 2.75) is 39.2 Å². The van der Waals surface area contributed by atoms with Gasteiger partial charge < -0.3 is 15.0 Å². The highest BCUT2D eigenvalue weighted by Gasteiger charge is 2.30. The number of amides is 2. The summed E-state index contributed by atoms with van der Waals surface area (Å²) >= 11 is 11.9. The number of nitrogens with one attached hydrogen (secondary N) is 1. The highest BCUT2D eigenvalue weighted by atomic mass is 35.5. The van der Waals surface area contributed by atoms with E-state index in [2.05, 4.69) is 5.32 Å². The van der Waals surface area contributed by atoms with Crippen LogP contribution >= 0.6 is 23.2 Å². The van der Waals surface area contributed by atoms with Crippen molar-refractivity contribution in [3.05, 3.63) is 28.2 Å². The minimum Gasteiger partial charge on any atom is -0.444 e. The molecule has 132 valence electrons. The normalized spacial score (nSPS) is 16.0. The Hall–Kier alpha value is -1.46. The molecule has 0 aliphatic carbocycles. The highest BCUT2D eigenvalue weighted by Crippen LogP contribution is 2.27. The highest BCUT2D eigenvalue weighted by molar-refractivity contribution is 6.36. The van der Waals surface area contributed by atoms with E-state index in [1.54, 1.807) is 23.1 Å². The van der Waals surface area contributed by atoms with Crippen LogP contribution < -0.4 is 5.32 Å². The molecule has 1 aromatic carbocycles. The maximum absolute atomic E-state index is 12.4. The molecule has 1 aromatic rings. The summed E-state index contributed by atoms with van der Waals surface area (Å²) in [7, 11) is 0. The van der Waals surface area contributed by atoms with E-state index in [-0.39, 0.29) is 17.9 Å². The van der Waals surface area contributed by atoms with E-state index in [1.165, 1.54) is 0 Å². The van der Waals surface area contributed by atoms with E-state index in [4.69, 9.17) is 27.9 Å². The van der Waals surface area contributed by atoms with E-state index in [9.17, 15) is 9.59 Å². The number of hydrogen-bond acceptors (Lipinski definition) is 3. The van der Waals surface area contributed by atoms with Crippen molar-refractivity contribution in [1.82, 2.24) is 4.90 Å². The fraction of sp³-hybridized carbons (Fsp3) is 0.529. The standard InChI is InChI=1S/C17H22Cl2N2O3/c1-17(2,3)24-16(23)21-8-6-11(7-9-21)15(22)20-14-5-4-12(18)10-13(14)19/h4-5,10-11H,6-9H2,1-3H3,(H,20,22). The van der Waals surface area contributed by atoms with Crippen LogP contribution in [0.3, 0.4) is 0 Å². The fourth-order valence-electron chi connectivity index (χ4n) is 2.48. The number of benzene rings is 1. The molecule has 2 rings (SSSR count). The third-order valence-corrected chi connectivity index (χ3v) is 4.25. The molecule has 1 fully saturated rings. The van der Waals surface area contributed by atoms with Crippen LogP contribution in [0.5, 0.6) is 0 Å². The molecule has 1 saturated heterocycles. The number of nitrogens with zero attached hydrogens (tertiary/aromatic N) is 1. The first-order valence-corrected chi connectivity index (χ1v) is 8.65. The first-order valence-electron chi connectivity index (χ1n) is 7.89. The van der Waals surface area contributed by atoms with Crippen molar-refractivity contribution in [1.29, 1.82) is 0 Å². The quantitative estimate of drug-likeness (QED) is 0.826. The van der Waals surface area contributed by atoms with Gasteiger partial charge in [0.1, 0.15) is 5.60 Å². The van der Waals surface area contributed by atoms with Crippen LogP contribution in [-0.2, 0) is 9.53 Å². The monoisotopic (exact) mass is 372 g/mol. The van der Waals surface area contributed by atoms with Crippen LogP contribution in [-0.4, -0.2) is 35.6 Å². The maximum atomic E-state index is 12.4. The second-order valence-corrected chi connectivity index (χ2v) is 7.70. The molecule has 1 N–H and O–H groups in total. The predicted octanol–water partition coefficient (Wildman–Crippen LogP) is 4.58. The summed E-state index contributed by atoms with van der Waals surface area (Å²) in [5.74, 6) is -0.251. The van der Waals surface area contributed by atoms with Gasteiger partial charge in [-0.1, -0.05) is 23.2 Å². The molecule has 0 unspecified atom stereocenters. The average Bonchev–Trinajstić information content (AvgIpc) is 2.48. The molecule has 1 aliphatic rings. The molecule has 0 atom stereocenters. The molecule has 0 spiro atoms. The summed E-state index contributed by atoms with van der Waals surface area (Å²) in [6.45, 7) is 6.51. The number of carbonyl (C=O) groups excluding carboxylic acids is 2. The Kier molecular flexibility index (Phi) is 5.99. The maximum Gasteiger partial charge on any atom is 0.410 e. The van der Waals surface area contributed by atoms with Crippen LogP contribution in [0.2, 0.25) is 10.0 Å². The number of ether oxygens (including phenoxy) is 1. The van der Waals surface area contributed by atoms with Gasteiger partial charge in [0.2, 0.25) is 5.91 Å². The molecule has 1 aliphatic heterocycles. The Morgan fingerprint density at radius 2 is 1.83 bits per heavy atom. The molecule has 0 aromatic heterocycles. The minimum absolute atomic E-state index is 0.0944. The number of anilines is 1. The van der Waals surface area contributed by atoms with Crippen LogP contribution in [0.25, 0.3) is 0 Å². The van der Waals surface area contributed by atoms with Crippen molar-refractivity contribution in [3.63, 3.8) is 0 Å². The molecular weight excluding hydrogens is 351 g/mol. The van der Waals surface area contributed by atoms with Gasteiger partial charge in [-0.05, 0) is 51.8 Å². The molecule has 2 amide bonds. The smallest absolute Gasteiger partial charge is 0.410 e. The third-order valence-electron chi connectivity index (χ3n) is 3.71. The molecule has 24 heavy (non-hydrogen) atoms. The van der Waals surface area contributed by atoms with Gasteiger partial charge in [-0.25, -0.2) is 4.79 Å². The Labute approximate surface area is 152 Å². The molecule has 0 saturated carbocycles. The first-order chi connectivity index (χ1) is 11.2. The van der Waals surface area contributed by atoms with E-state index < -0.39 is 5.60 Å². The van der Waals surface area contributed by atoms with Crippen LogP contribution in [0.4, 0.5) is 10.5 Å². The van der Waals surface area contributed by atoms with Crippen molar-refractivity contribution in [2.75, 3.05) is 18.4 Å². The zero-order valence-electron chi connectivity index (χ0n) is 14.1. The lowest BCUT2D eigenvalue weighted by molar-refractivity contribution is -0.121.